The number of nitrogens with zero attached hydrogens (tertiary/aromatic N) is 4. The van der Waals surface area contributed by atoms with E-state index in [1.54, 1.807) is 7.11 Å². The van der Waals surface area contributed by atoms with Gasteiger partial charge in [0.05, 0.1) is 35.2 Å². The van der Waals surface area contributed by atoms with Gasteiger partial charge in [-0.2, -0.15) is 10.4 Å². The molecular weight excluding hydrogens is 412 g/mol. The van der Waals surface area contributed by atoms with E-state index in [9.17, 15) is 10.1 Å². The molecule has 1 amide bonds. The summed E-state index contributed by atoms with van der Waals surface area (Å²) in [7, 11) is 3.70. The summed E-state index contributed by atoms with van der Waals surface area (Å²) >= 11 is 0. The summed E-state index contributed by atoms with van der Waals surface area (Å²) in [5.41, 5.74) is 2.32. The van der Waals surface area contributed by atoms with Gasteiger partial charge in [-0.05, 0) is 82.3 Å². The molecule has 2 saturated heterocycles. The number of methoxy groups -OCH3 is 1. The smallest absolute Gasteiger partial charge is 0.234 e. The first kappa shape index (κ1) is 21.0. The maximum atomic E-state index is 14.3. The van der Waals surface area contributed by atoms with E-state index in [1.807, 2.05) is 31.6 Å². The Morgan fingerprint density at radius 2 is 1.88 bits per heavy atom. The molecule has 2 unspecified atom stereocenters. The van der Waals surface area contributed by atoms with Crippen LogP contribution in [0.5, 0.6) is 5.75 Å². The van der Waals surface area contributed by atoms with Gasteiger partial charge in [-0.25, -0.2) is 0 Å². The van der Waals surface area contributed by atoms with Crippen LogP contribution in [0.15, 0.2) is 12.1 Å². The van der Waals surface area contributed by atoms with Crippen LogP contribution in [0.1, 0.15) is 82.9 Å². The maximum absolute atomic E-state index is 14.3. The van der Waals surface area contributed by atoms with Crippen molar-refractivity contribution in [2.24, 2.45) is 17.9 Å². The highest BCUT2D eigenvalue weighted by Crippen LogP contribution is 2.62. The SMILES string of the molecule is COc1ccc2c(c(C(C)(C)C(=O)N3C4CC5(C)CC3CC(C#N)(C4)C5)nn2C)c1C1CC1. The van der Waals surface area contributed by atoms with Crippen molar-refractivity contribution in [1.82, 2.24) is 14.7 Å². The lowest BCUT2D eigenvalue weighted by molar-refractivity contribution is -0.168. The zero-order valence-corrected chi connectivity index (χ0v) is 20.4. The van der Waals surface area contributed by atoms with Crippen LogP contribution in [0.25, 0.3) is 10.9 Å². The molecule has 33 heavy (non-hydrogen) atoms. The fourth-order valence-corrected chi connectivity index (χ4v) is 7.79. The van der Waals surface area contributed by atoms with E-state index >= 15 is 0 Å². The third kappa shape index (κ3) is 2.84. The number of nitriles is 1. The fraction of sp³-hybridized carbons (Fsp3) is 0.667. The predicted molar refractivity (Wildman–Crippen MR) is 126 cm³/mol. The number of ether oxygens (including phenoxy) is 1. The minimum Gasteiger partial charge on any atom is -0.496 e. The summed E-state index contributed by atoms with van der Waals surface area (Å²) in [6, 6.07) is 7.10. The highest BCUT2D eigenvalue weighted by molar-refractivity contribution is 5.96. The molecule has 2 atom stereocenters. The van der Waals surface area contributed by atoms with Crippen molar-refractivity contribution < 1.29 is 9.53 Å². The number of aryl methyl sites for hydroxylation is 1. The normalized spacial score (nSPS) is 32.9. The molecule has 5 fully saturated rings. The lowest BCUT2D eigenvalue weighted by Gasteiger charge is -2.64. The van der Waals surface area contributed by atoms with Gasteiger partial charge in [0.1, 0.15) is 5.75 Å². The van der Waals surface area contributed by atoms with Crippen LogP contribution in [-0.2, 0) is 17.3 Å². The number of hydrogen-bond acceptors (Lipinski definition) is 4. The molecule has 1 aromatic carbocycles. The minimum absolute atomic E-state index is 0.162. The number of hydrogen-bond donors (Lipinski definition) is 0. The Kier molecular flexibility index (Phi) is 4.15. The Morgan fingerprint density at radius 3 is 2.45 bits per heavy atom. The quantitative estimate of drug-likeness (QED) is 0.676. The third-order valence-electron chi connectivity index (χ3n) is 9.08. The first-order chi connectivity index (χ1) is 15.6. The largest absolute Gasteiger partial charge is 0.496 e. The standard InChI is InChI=1S/C27H34N4O2/c1-25(2,23-22-19(30(4)29-23)8-9-20(33-5)21(22)16-6-7-16)24(32)31-17-10-26(3)11-18(31)13-27(12-17,14-26)15-28/h8-9,16-18H,6-7,10-14H2,1-5H3. The van der Waals surface area contributed by atoms with E-state index in [4.69, 9.17) is 9.84 Å². The molecule has 3 aliphatic carbocycles. The Hall–Kier alpha value is -2.55. The summed E-state index contributed by atoms with van der Waals surface area (Å²) in [6.07, 6.45) is 6.97. The van der Waals surface area contributed by atoms with Gasteiger partial charge in [0.15, 0.2) is 0 Å². The van der Waals surface area contributed by atoms with E-state index in [1.165, 1.54) is 5.56 Å². The molecule has 7 rings (SSSR count). The Bertz CT molecular complexity index is 1200. The lowest BCUT2D eigenvalue weighted by Crippen LogP contribution is -2.67. The summed E-state index contributed by atoms with van der Waals surface area (Å²) < 4.78 is 7.68. The molecule has 3 heterocycles. The van der Waals surface area contributed by atoms with Gasteiger partial charge < -0.3 is 9.64 Å². The van der Waals surface area contributed by atoms with Gasteiger partial charge in [-0.15, -0.1) is 0 Å². The second-order valence-electron chi connectivity index (χ2n) is 12.2. The van der Waals surface area contributed by atoms with E-state index < -0.39 is 5.41 Å². The van der Waals surface area contributed by atoms with E-state index in [0.717, 1.165) is 67.3 Å². The molecule has 1 aromatic heterocycles. The zero-order valence-electron chi connectivity index (χ0n) is 20.4. The number of rotatable bonds is 4. The van der Waals surface area contributed by atoms with Crippen LogP contribution in [0.2, 0.25) is 0 Å². The zero-order chi connectivity index (χ0) is 23.3. The second-order valence-corrected chi connectivity index (χ2v) is 12.2. The Labute approximate surface area is 195 Å². The van der Waals surface area contributed by atoms with Crippen molar-refractivity contribution in [3.05, 3.63) is 23.4 Å². The van der Waals surface area contributed by atoms with Crippen molar-refractivity contribution in [3.8, 4) is 11.8 Å². The monoisotopic (exact) mass is 446 g/mol. The number of piperidine rings is 2. The number of carbonyl (C=O) groups excluding carboxylic acids is 1. The molecule has 3 saturated carbocycles. The van der Waals surface area contributed by atoms with Crippen molar-refractivity contribution >= 4 is 16.8 Å². The van der Waals surface area contributed by atoms with Gasteiger partial charge in [-0.1, -0.05) is 6.92 Å². The molecule has 0 radical (unpaired) electrons. The molecule has 5 aliphatic rings. The highest BCUT2D eigenvalue weighted by atomic mass is 16.5. The summed E-state index contributed by atoms with van der Waals surface area (Å²) in [5.74, 6) is 1.55. The number of carbonyl (C=O) groups is 1. The van der Waals surface area contributed by atoms with Gasteiger partial charge >= 0.3 is 0 Å². The van der Waals surface area contributed by atoms with Crippen LogP contribution in [0.3, 0.4) is 0 Å². The number of fused-ring (bicyclic) bond motifs is 1. The Morgan fingerprint density at radius 1 is 1.21 bits per heavy atom. The van der Waals surface area contributed by atoms with Crippen molar-refractivity contribution in [2.45, 2.75) is 89.1 Å². The first-order valence-corrected chi connectivity index (χ1v) is 12.4. The maximum Gasteiger partial charge on any atom is 0.234 e. The van der Waals surface area contributed by atoms with E-state index in [2.05, 4.69) is 24.0 Å². The van der Waals surface area contributed by atoms with Gasteiger partial charge in [0.25, 0.3) is 0 Å². The minimum atomic E-state index is -0.758. The molecule has 2 aromatic rings. The number of aromatic nitrogens is 2. The predicted octanol–water partition coefficient (Wildman–Crippen LogP) is 4.81. The molecule has 4 bridgehead atoms. The molecule has 0 N–H and O–H groups in total. The third-order valence-corrected chi connectivity index (χ3v) is 9.08. The van der Waals surface area contributed by atoms with E-state index in [0.29, 0.717) is 5.92 Å². The van der Waals surface area contributed by atoms with E-state index in [-0.39, 0.29) is 28.8 Å². The second kappa shape index (κ2) is 6.52. The van der Waals surface area contributed by atoms with Crippen molar-refractivity contribution in [1.29, 1.82) is 5.26 Å². The molecule has 6 heteroatoms. The number of amides is 1. The summed E-state index contributed by atoms with van der Waals surface area (Å²) in [6.45, 7) is 6.41. The Balaban J connectivity index is 1.44. The van der Waals surface area contributed by atoms with Crippen LogP contribution in [-0.4, -0.2) is 39.8 Å². The molecule has 0 spiro atoms. The first-order valence-electron chi connectivity index (χ1n) is 12.4. The average molecular weight is 447 g/mol. The van der Waals surface area contributed by atoms with Crippen LogP contribution >= 0.6 is 0 Å². The van der Waals surface area contributed by atoms with Gasteiger partial charge in [0.2, 0.25) is 5.91 Å². The summed E-state index contributed by atoms with van der Waals surface area (Å²) in [5, 5.41) is 16.0. The average Bonchev–Trinajstić information content (AvgIpc) is 3.54. The molecule has 2 aliphatic heterocycles. The van der Waals surface area contributed by atoms with Crippen LogP contribution < -0.4 is 4.74 Å². The topological polar surface area (TPSA) is 71.2 Å². The van der Waals surface area contributed by atoms with Crippen LogP contribution in [0.4, 0.5) is 0 Å². The lowest BCUT2D eigenvalue weighted by atomic mass is 9.50. The molecular formula is C27H34N4O2. The van der Waals surface area contributed by atoms with Gasteiger partial charge in [0, 0.05) is 30.1 Å². The summed E-state index contributed by atoms with van der Waals surface area (Å²) in [4.78, 5) is 16.5. The number of benzene rings is 1. The molecule has 174 valence electrons. The highest BCUT2D eigenvalue weighted by Gasteiger charge is 2.61. The fourth-order valence-electron chi connectivity index (χ4n) is 7.79. The molecule has 6 nitrogen and oxygen atoms in total. The van der Waals surface area contributed by atoms with Crippen LogP contribution in [0, 0.1) is 22.2 Å². The van der Waals surface area contributed by atoms with Crippen molar-refractivity contribution in [3.63, 3.8) is 0 Å². The van der Waals surface area contributed by atoms with Crippen molar-refractivity contribution in [2.75, 3.05) is 7.11 Å². The van der Waals surface area contributed by atoms with Gasteiger partial charge in [-0.3, -0.25) is 9.48 Å².